The Morgan fingerprint density at radius 3 is 2.49 bits per heavy atom. The number of aromatic nitrogens is 6. The first-order valence-corrected chi connectivity index (χ1v) is 12.2. The fourth-order valence-corrected chi connectivity index (χ4v) is 4.99. The van der Waals surface area contributed by atoms with Crippen LogP contribution in [0.15, 0.2) is 36.4 Å². The third-order valence-electron chi connectivity index (χ3n) is 7.06. The molecular weight excluding hydrogens is 445 g/mol. The molecule has 3 aromatic heterocycles. The van der Waals surface area contributed by atoms with Crippen molar-refractivity contribution in [1.82, 2.24) is 34.5 Å². The van der Waals surface area contributed by atoms with Crippen LogP contribution in [0.1, 0.15) is 47.6 Å². The Bertz CT molecular complexity index is 1350. The molecule has 1 fully saturated rings. The van der Waals surface area contributed by atoms with E-state index >= 15 is 0 Å². The zero-order chi connectivity index (χ0) is 24.5. The minimum Gasteiger partial charge on any atom is -0.343 e. The second kappa shape index (κ2) is 9.56. The van der Waals surface area contributed by atoms with E-state index in [9.17, 15) is 9.18 Å². The van der Waals surface area contributed by atoms with Crippen LogP contribution in [0.3, 0.4) is 0 Å². The Hall–Kier alpha value is -3.62. The monoisotopic (exact) mass is 475 g/mol. The lowest BCUT2D eigenvalue weighted by molar-refractivity contribution is -0.132. The van der Waals surface area contributed by atoms with Crippen molar-refractivity contribution in [2.75, 3.05) is 13.1 Å². The van der Waals surface area contributed by atoms with Crippen LogP contribution in [-0.4, -0.2) is 53.5 Å². The molecule has 0 saturated carbocycles. The molecule has 1 aromatic carbocycles. The van der Waals surface area contributed by atoms with Gasteiger partial charge in [-0.1, -0.05) is 12.1 Å². The van der Waals surface area contributed by atoms with Gasteiger partial charge in [0.05, 0.1) is 5.69 Å². The van der Waals surface area contributed by atoms with E-state index in [2.05, 4.69) is 15.3 Å². The van der Waals surface area contributed by atoms with Gasteiger partial charge in [-0.2, -0.15) is 9.61 Å². The molecule has 4 aromatic rings. The summed E-state index contributed by atoms with van der Waals surface area (Å²) in [6, 6.07) is 10.5. The molecule has 1 saturated heterocycles. The number of rotatable bonds is 6. The Kier molecular flexibility index (Phi) is 6.32. The van der Waals surface area contributed by atoms with Crippen molar-refractivity contribution in [2.24, 2.45) is 5.92 Å². The molecule has 0 atom stereocenters. The molecule has 0 N–H and O–H groups in total. The molecule has 0 spiro atoms. The summed E-state index contributed by atoms with van der Waals surface area (Å²) in [6.45, 7) is 7.42. The average molecular weight is 476 g/mol. The summed E-state index contributed by atoms with van der Waals surface area (Å²) in [5, 5.41) is 17.5. The van der Waals surface area contributed by atoms with E-state index in [1.807, 2.05) is 54.6 Å². The molecular formula is C26H30FN7O. The van der Waals surface area contributed by atoms with Gasteiger partial charge in [-0.05, 0) is 87.8 Å². The van der Waals surface area contributed by atoms with Gasteiger partial charge in [0, 0.05) is 25.2 Å². The van der Waals surface area contributed by atoms with Gasteiger partial charge >= 0.3 is 0 Å². The third kappa shape index (κ3) is 4.80. The first kappa shape index (κ1) is 23.1. The number of aryl methyl sites for hydroxylation is 2. The molecule has 0 radical (unpaired) electrons. The summed E-state index contributed by atoms with van der Waals surface area (Å²) in [7, 11) is 0. The number of likely N-dealkylation sites (tertiary alicyclic amines) is 1. The summed E-state index contributed by atoms with van der Waals surface area (Å²) in [5.41, 5.74) is 4.85. The van der Waals surface area contributed by atoms with Gasteiger partial charge in [0.25, 0.3) is 0 Å². The van der Waals surface area contributed by atoms with E-state index < -0.39 is 0 Å². The number of carbonyl (C=O) groups is 1. The zero-order valence-corrected chi connectivity index (χ0v) is 20.4. The van der Waals surface area contributed by atoms with Crippen LogP contribution in [0.5, 0.6) is 0 Å². The van der Waals surface area contributed by atoms with E-state index in [0.29, 0.717) is 30.2 Å². The Labute approximate surface area is 203 Å². The van der Waals surface area contributed by atoms with E-state index in [1.165, 1.54) is 12.1 Å². The van der Waals surface area contributed by atoms with Crippen LogP contribution in [0.2, 0.25) is 0 Å². The lowest BCUT2D eigenvalue weighted by atomic mass is 9.90. The van der Waals surface area contributed by atoms with Gasteiger partial charge < -0.3 is 4.90 Å². The summed E-state index contributed by atoms with van der Waals surface area (Å²) in [4.78, 5) is 14.9. The minimum absolute atomic E-state index is 0.191. The first-order valence-electron chi connectivity index (χ1n) is 12.2. The highest BCUT2D eigenvalue weighted by atomic mass is 19.1. The summed E-state index contributed by atoms with van der Waals surface area (Å²) in [5.74, 6) is 1.94. The second-order valence-electron chi connectivity index (χ2n) is 9.42. The van der Waals surface area contributed by atoms with Crippen molar-refractivity contribution in [3.63, 3.8) is 0 Å². The number of nitrogens with zero attached hydrogens (tertiary/aromatic N) is 7. The fourth-order valence-electron chi connectivity index (χ4n) is 4.99. The van der Waals surface area contributed by atoms with Gasteiger partial charge in [0.1, 0.15) is 5.82 Å². The fraction of sp³-hybridized carbons (Fsp3) is 0.423. The predicted molar refractivity (Wildman–Crippen MR) is 130 cm³/mol. The van der Waals surface area contributed by atoms with Gasteiger partial charge in [-0.25, -0.2) is 9.07 Å². The predicted octanol–water partition coefficient (Wildman–Crippen LogP) is 3.79. The SMILES string of the molecule is Cc1nn(-c2ccc3nnc(C)n3n2)c(C)c1CCC(=O)N1CCC(Cc2ccc(F)cc2)CC1. The normalized spacial score (nSPS) is 14.7. The zero-order valence-electron chi connectivity index (χ0n) is 20.4. The largest absolute Gasteiger partial charge is 0.343 e. The quantitative estimate of drug-likeness (QED) is 0.424. The Morgan fingerprint density at radius 1 is 1.00 bits per heavy atom. The van der Waals surface area contributed by atoms with Crippen LogP contribution in [0.25, 0.3) is 11.5 Å². The summed E-state index contributed by atoms with van der Waals surface area (Å²) in [6.07, 6.45) is 4.02. The summed E-state index contributed by atoms with van der Waals surface area (Å²) < 4.78 is 16.7. The number of hydrogen-bond donors (Lipinski definition) is 0. The standard InChI is InChI=1S/C26H30FN7O/c1-17-23(18(2)33(30-17)25-10-9-24-29-28-19(3)34(24)31-25)8-11-26(35)32-14-12-21(13-15-32)16-20-4-6-22(27)7-5-20/h4-7,9-10,21H,8,11-16H2,1-3H3. The molecule has 1 amide bonds. The van der Waals surface area contributed by atoms with E-state index in [4.69, 9.17) is 5.10 Å². The lowest BCUT2D eigenvalue weighted by Crippen LogP contribution is -2.39. The van der Waals surface area contributed by atoms with Crippen molar-refractivity contribution < 1.29 is 9.18 Å². The van der Waals surface area contributed by atoms with Crippen LogP contribution >= 0.6 is 0 Å². The van der Waals surface area contributed by atoms with E-state index in [-0.39, 0.29) is 11.7 Å². The van der Waals surface area contributed by atoms with E-state index in [1.54, 1.807) is 4.52 Å². The van der Waals surface area contributed by atoms with Gasteiger partial charge in [-0.15, -0.1) is 15.3 Å². The summed E-state index contributed by atoms with van der Waals surface area (Å²) >= 11 is 0. The number of halogens is 1. The molecule has 35 heavy (non-hydrogen) atoms. The topological polar surface area (TPSA) is 81.2 Å². The molecule has 182 valence electrons. The number of piperidine rings is 1. The first-order chi connectivity index (χ1) is 16.9. The lowest BCUT2D eigenvalue weighted by Gasteiger charge is -2.32. The highest BCUT2D eigenvalue weighted by Crippen LogP contribution is 2.24. The van der Waals surface area contributed by atoms with Gasteiger partial charge in [0.15, 0.2) is 17.3 Å². The smallest absolute Gasteiger partial charge is 0.222 e. The number of amides is 1. The molecule has 8 nitrogen and oxygen atoms in total. The maximum absolute atomic E-state index is 13.1. The molecule has 0 aliphatic carbocycles. The maximum atomic E-state index is 13.1. The molecule has 1 aliphatic rings. The van der Waals surface area contributed by atoms with Crippen molar-refractivity contribution in [2.45, 2.75) is 52.9 Å². The van der Waals surface area contributed by atoms with Crippen molar-refractivity contribution in [3.05, 3.63) is 70.6 Å². The van der Waals surface area contributed by atoms with Gasteiger partial charge in [-0.3, -0.25) is 4.79 Å². The highest BCUT2D eigenvalue weighted by Gasteiger charge is 2.24. The molecule has 5 rings (SSSR count). The van der Waals surface area contributed by atoms with Crippen LogP contribution in [0, 0.1) is 32.5 Å². The van der Waals surface area contributed by atoms with Crippen LogP contribution in [-0.2, 0) is 17.6 Å². The maximum Gasteiger partial charge on any atom is 0.222 e. The minimum atomic E-state index is -0.201. The number of hydrogen-bond acceptors (Lipinski definition) is 5. The van der Waals surface area contributed by atoms with Crippen molar-refractivity contribution >= 4 is 11.6 Å². The molecule has 9 heteroatoms. The average Bonchev–Trinajstić information content (AvgIpc) is 3.37. The Morgan fingerprint density at radius 2 is 1.74 bits per heavy atom. The number of carbonyl (C=O) groups excluding carboxylic acids is 1. The highest BCUT2D eigenvalue weighted by molar-refractivity contribution is 5.76. The van der Waals surface area contributed by atoms with Crippen LogP contribution < -0.4 is 0 Å². The molecule has 1 aliphatic heterocycles. The second-order valence-corrected chi connectivity index (χ2v) is 9.42. The van der Waals surface area contributed by atoms with Crippen LogP contribution in [0.4, 0.5) is 4.39 Å². The molecule has 4 heterocycles. The van der Waals surface area contributed by atoms with Gasteiger partial charge in [0.2, 0.25) is 5.91 Å². The Balaban J connectivity index is 1.19. The number of fused-ring (bicyclic) bond motifs is 1. The van der Waals surface area contributed by atoms with Crippen molar-refractivity contribution in [1.29, 1.82) is 0 Å². The molecule has 0 unspecified atom stereocenters. The van der Waals surface area contributed by atoms with Crippen molar-refractivity contribution in [3.8, 4) is 5.82 Å². The number of benzene rings is 1. The third-order valence-corrected chi connectivity index (χ3v) is 7.06. The van der Waals surface area contributed by atoms with E-state index in [0.717, 1.165) is 60.7 Å². The molecule has 0 bridgehead atoms.